The SMILES string of the molecule is O=C1C(=Cc2ccccc2-c2cn(C(c3ccccc3)(c3ccccc3)c3ccccc3)cn2)CCn2ncc(F)c21. The Balaban J connectivity index is 1.38. The largest absolute Gasteiger partial charge is 0.318 e. The molecule has 5 nitrogen and oxygen atoms in total. The molecule has 6 aromatic rings. The Hall–Kier alpha value is -5.36. The van der Waals surface area contributed by atoms with Gasteiger partial charge in [0.2, 0.25) is 5.78 Å². The fourth-order valence-electron chi connectivity index (χ4n) is 6.06. The van der Waals surface area contributed by atoms with E-state index in [1.165, 1.54) is 4.68 Å². The standard InChI is InChI=1S/C36H27FN4O/c37-32-23-39-41-21-20-27(35(42)34(32)41)22-26-12-10-11-19-31(26)33-24-40(25-38-33)36(28-13-4-1-5-14-28,29-15-6-2-7-16-29)30-17-8-3-9-18-30/h1-19,22-25H,20-21H2. The third-order valence-electron chi connectivity index (χ3n) is 8.01. The molecule has 204 valence electrons. The van der Waals surface area contributed by atoms with Gasteiger partial charge < -0.3 is 4.57 Å². The maximum absolute atomic E-state index is 14.3. The van der Waals surface area contributed by atoms with Gasteiger partial charge in [0.1, 0.15) is 11.2 Å². The number of rotatable bonds is 6. The van der Waals surface area contributed by atoms with Crippen LogP contribution in [0, 0.1) is 5.82 Å². The summed E-state index contributed by atoms with van der Waals surface area (Å²) in [6.45, 7) is 0.460. The highest BCUT2D eigenvalue weighted by Gasteiger charge is 2.38. The number of carbonyl (C=O) groups is 1. The summed E-state index contributed by atoms with van der Waals surface area (Å²) in [5, 5.41) is 3.99. The summed E-state index contributed by atoms with van der Waals surface area (Å²) in [7, 11) is 0. The molecule has 0 spiro atoms. The van der Waals surface area contributed by atoms with E-state index in [2.05, 4.69) is 88.7 Å². The van der Waals surface area contributed by atoms with Crippen LogP contribution in [0.15, 0.2) is 140 Å². The van der Waals surface area contributed by atoms with Crippen LogP contribution in [-0.2, 0) is 12.1 Å². The van der Waals surface area contributed by atoms with Gasteiger partial charge in [0.05, 0.1) is 18.2 Å². The molecule has 0 unspecified atom stereocenters. The highest BCUT2D eigenvalue weighted by Crippen LogP contribution is 2.41. The monoisotopic (exact) mass is 550 g/mol. The molecule has 0 fully saturated rings. The minimum Gasteiger partial charge on any atom is -0.318 e. The Labute approximate surface area is 243 Å². The minimum atomic E-state index is -0.683. The van der Waals surface area contributed by atoms with Crippen molar-refractivity contribution in [3.8, 4) is 11.3 Å². The predicted molar refractivity (Wildman–Crippen MR) is 161 cm³/mol. The zero-order valence-electron chi connectivity index (χ0n) is 22.8. The molecule has 4 aromatic carbocycles. The quantitative estimate of drug-likeness (QED) is 0.160. The van der Waals surface area contributed by atoms with Gasteiger partial charge in [-0.25, -0.2) is 9.37 Å². The minimum absolute atomic E-state index is 0.0209. The van der Waals surface area contributed by atoms with E-state index in [1.54, 1.807) is 0 Å². The Morgan fingerprint density at radius 3 is 1.95 bits per heavy atom. The molecular weight excluding hydrogens is 523 g/mol. The van der Waals surface area contributed by atoms with Crippen LogP contribution in [0.5, 0.6) is 0 Å². The number of aryl methyl sites for hydroxylation is 1. The van der Waals surface area contributed by atoms with Crippen molar-refractivity contribution in [1.82, 2.24) is 19.3 Å². The van der Waals surface area contributed by atoms with E-state index in [9.17, 15) is 9.18 Å². The van der Waals surface area contributed by atoms with E-state index in [0.717, 1.165) is 39.7 Å². The van der Waals surface area contributed by atoms with Crippen molar-refractivity contribution in [2.75, 3.05) is 0 Å². The molecule has 0 amide bonds. The number of imidazole rings is 1. The third-order valence-corrected chi connectivity index (χ3v) is 8.01. The maximum Gasteiger partial charge on any atom is 0.210 e. The summed E-state index contributed by atoms with van der Waals surface area (Å²) in [4.78, 5) is 18.1. The number of fused-ring (bicyclic) bond motifs is 1. The lowest BCUT2D eigenvalue weighted by Crippen LogP contribution is -2.36. The molecule has 0 bridgehead atoms. The van der Waals surface area contributed by atoms with Crippen LogP contribution >= 0.6 is 0 Å². The van der Waals surface area contributed by atoms with Gasteiger partial charge in [-0.15, -0.1) is 0 Å². The second-order valence-corrected chi connectivity index (χ2v) is 10.4. The third kappa shape index (κ3) is 4.20. The van der Waals surface area contributed by atoms with E-state index in [0.29, 0.717) is 18.5 Å². The van der Waals surface area contributed by atoms with Crippen molar-refractivity contribution in [2.24, 2.45) is 0 Å². The molecule has 0 N–H and O–H groups in total. The number of nitrogens with zero attached hydrogens (tertiary/aromatic N) is 4. The van der Waals surface area contributed by atoms with Crippen LogP contribution in [0.4, 0.5) is 4.39 Å². The molecule has 1 aliphatic heterocycles. The molecule has 2 aromatic heterocycles. The molecule has 0 atom stereocenters. The fraction of sp³-hybridized carbons (Fsp3) is 0.0833. The first-order valence-electron chi connectivity index (χ1n) is 13.9. The molecule has 0 radical (unpaired) electrons. The summed E-state index contributed by atoms with van der Waals surface area (Å²) in [6.07, 6.45) is 7.41. The van der Waals surface area contributed by atoms with Crippen molar-refractivity contribution >= 4 is 11.9 Å². The van der Waals surface area contributed by atoms with Crippen molar-refractivity contribution in [1.29, 1.82) is 0 Å². The second kappa shape index (κ2) is 10.6. The lowest BCUT2D eigenvalue weighted by atomic mass is 9.77. The van der Waals surface area contributed by atoms with Gasteiger partial charge in [-0.2, -0.15) is 5.10 Å². The van der Waals surface area contributed by atoms with Crippen LogP contribution in [0.1, 0.15) is 39.2 Å². The van der Waals surface area contributed by atoms with Crippen molar-refractivity contribution in [3.63, 3.8) is 0 Å². The number of ketones is 1. The molecule has 6 heteroatoms. The molecule has 0 saturated heterocycles. The van der Waals surface area contributed by atoms with E-state index < -0.39 is 11.4 Å². The fourth-order valence-corrected chi connectivity index (χ4v) is 6.06. The highest BCUT2D eigenvalue weighted by atomic mass is 19.1. The van der Waals surface area contributed by atoms with Crippen molar-refractivity contribution in [3.05, 3.63) is 173 Å². The molecule has 0 saturated carbocycles. The van der Waals surface area contributed by atoms with Crippen LogP contribution < -0.4 is 0 Å². The lowest BCUT2D eigenvalue weighted by molar-refractivity contribution is 0.100. The van der Waals surface area contributed by atoms with Gasteiger partial charge in [-0.1, -0.05) is 115 Å². The summed E-state index contributed by atoms with van der Waals surface area (Å²) in [5.74, 6) is -0.912. The first-order valence-corrected chi connectivity index (χ1v) is 13.9. The smallest absolute Gasteiger partial charge is 0.210 e. The van der Waals surface area contributed by atoms with Crippen molar-refractivity contribution < 1.29 is 9.18 Å². The number of hydrogen-bond acceptors (Lipinski definition) is 3. The Morgan fingerprint density at radius 2 is 1.33 bits per heavy atom. The van der Waals surface area contributed by atoms with Gasteiger partial charge in [0.25, 0.3) is 0 Å². The molecule has 42 heavy (non-hydrogen) atoms. The number of Topliss-reactive ketones (excluding diaryl/α,β-unsaturated/α-hetero) is 1. The highest BCUT2D eigenvalue weighted by molar-refractivity contribution is 6.11. The first kappa shape index (κ1) is 25.6. The lowest BCUT2D eigenvalue weighted by Gasteiger charge is -2.37. The van der Waals surface area contributed by atoms with Gasteiger partial charge in [-0.3, -0.25) is 9.48 Å². The Kier molecular flexibility index (Phi) is 6.44. The van der Waals surface area contributed by atoms with Gasteiger partial charge >= 0.3 is 0 Å². The molecule has 1 aliphatic rings. The number of halogens is 1. The summed E-state index contributed by atoms with van der Waals surface area (Å²) >= 11 is 0. The summed E-state index contributed by atoms with van der Waals surface area (Å²) < 4.78 is 17.9. The van der Waals surface area contributed by atoms with Crippen LogP contribution in [0.25, 0.3) is 17.3 Å². The Morgan fingerprint density at radius 1 is 0.762 bits per heavy atom. The number of aromatic nitrogens is 4. The zero-order chi connectivity index (χ0) is 28.5. The van der Waals surface area contributed by atoms with Crippen LogP contribution in [0.2, 0.25) is 0 Å². The number of benzene rings is 4. The Bertz CT molecular complexity index is 1810. The first-order chi connectivity index (χ1) is 20.7. The zero-order valence-corrected chi connectivity index (χ0v) is 22.8. The topological polar surface area (TPSA) is 52.7 Å². The van der Waals surface area contributed by atoms with Crippen molar-refractivity contribution in [2.45, 2.75) is 18.5 Å². The second-order valence-electron chi connectivity index (χ2n) is 10.4. The summed E-state index contributed by atoms with van der Waals surface area (Å²) in [5.41, 5.74) is 5.72. The molecule has 3 heterocycles. The average molecular weight is 551 g/mol. The molecule has 7 rings (SSSR count). The average Bonchev–Trinajstić information content (AvgIpc) is 3.69. The van der Waals surface area contributed by atoms with E-state index in [1.807, 2.05) is 54.9 Å². The van der Waals surface area contributed by atoms with E-state index in [4.69, 9.17) is 4.98 Å². The van der Waals surface area contributed by atoms with Gasteiger partial charge in [-0.05, 0) is 34.8 Å². The van der Waals surface area contributed by atoms with Crippen LogP contribution in [-0.4, -0.2) is 25.1 Å². The normalized spacial score (nSPS) is 14.2. The molecular formula is C36H27FN4O. The number of carbonyl (C=O) groups excluding carboxylic acids is 1. The van der Waals surface area contributed by atoms with Gasteiger partial charge in [0, 0.05) is 23.9 Å². The van der Waals surface area contributed by atoms with Gasteiger partial charge in [0.15, 0.2) is 5.82 Å². The molecule has 0 aliphatic carbocycles. The van der Waals surface area contributed by atoms with Crippen LogP contribution in [0.3, 0.4) is 0 Å². The predicted octanol–water partition coefficient (Wildman–Crippen LogP) is 7.40. The summed E-state index contributed by atoms with van der Waals surface area (Å²) in [6, 6.07) is 39.2. The van der Waals surface area contributed by atoms with E-state index in [-0.39, 0.29) is 11.5 Å². The maximum atomic E-state index is 14.3. The number of allylic oxidation sites excluding steroid dienone is 1. The number of hydrogen-bond donors (Lipinski definition) is 0. The van der Waals surface area contributed by atoms with E-state index >= 15 is 0 Å².